The summed E-state index contributed by atoms with van der Waals surface area (Å²) in [4.78, 5) is 12.5. The van der Waals surface area contributed by atoms with E-state index < -0.39 is 7.92 Å². The number of nitrogens with zero attached hydrogens (tertiary/aromatic N) is 1. The minimum atomic E-state index is -0.656. The number of nitriles is 1. The van der Waals surface area contributed by atoms with E-state index in [1.807, 2.05) is 26.0 Å². The molecule has 5 heteroatoms. The Morgan fingerprint density at radius 1 is 1.33 bits per heavy atom. The van der Waals surface area contributed by atoms with Crippen LogP contribution in [0.2, 0.25) is 0 Å². The molecule has 0 aliphatic carbocycles. The molecule has 1 aromatic rings. The van der Waals surface area contributed by atoms with Crippen LogP contribution in [0.15, 0.2) is 12.1 Å². The van der Waals surface area contributed by atoms with E-state index in [1.54, 1.807) is 0 Å². The summed E-state index contributed by atoms with van der Waals surface area (Å²) in [7, 11) is -0.656. The number of anilines is 1. The molecule has 1 amide bonds. The molecule has 0 saturated heterocycles. The van der Waals surface area contributed by atoms with Crippen LogP contribution in [0.25, 0.3) is 0 Å². The molecule has 0 bridgehead atoms. The van der Waals surface area contributed by atoms with Gasteiger partial charge in [0.1, 0.15) is 5.66 Å². The van der Waals surface area contributed by atoms with Crippen molar-refractivity contribution in [3.8, 4) is 6.07 Å². The molecule has 0 spiro atoms. The Hall–Kier alpha value is -0.286. The Balaban J connectivity index is 0.00000400. The van der Waals surface area contributed by atoms with Crippen LogP contribution in [-0.4, -0.2) is 24.9 Å². The van der Waals surface area contributed by atoms with Crippen molar-refractivity contribution >= 4 is 19.5 Å². The number of amides is 1. The number of carbonyl (C=O) groups is 1. The van der Waals surface area contributed by atoms with E-state index in [9.17, 15) is 4.79 Å². The zero-order valence-corrected chi connectivity index (χ0v) is 17.4. The number of benzene rings is 1. The third-order valence-corrected chi connectivity index (χ3v) is 5.45. The fourth-order valence-corrected chi connectivity index (χ4v) is 3.87. The van der Waals surface area contributed by atoms with E-state index in [0.29, 0.717) is 5.56 Å². The van der Waals surface area contributed by atoms with Gasteiger partial charge in [0.25, 0.3) is 5.91 Å². The Bertz CT molecular complexity index is 515. The summed E-state index contributed by atoms with van der Waals surface area (Å²) in [5.41, 5.74) is 3.54. The summed E-state index contributed by atoms with van der Waals surface area (Å²) < 4.78 is 0. The number of nitrogens with one attached hydrogen (secondary N) is 1. The van der Waals surface area contributed by atoms with Gasteiger partial charge >= 0.3 is 0 Å². The Labute approximate surface area is 154 Å². The molecule has 1 N–H and O–H groups in total. The van der Waals surface area contributed by atoms with Gasteiger partial charge in [-0.15, -0.1) is 0 Å². The van der Waals surface area contributed by atoms with E-state index in [-0.39, 0.29) is 44.3 Å². The normalized spacial score (nSPS) is 11.5. The Morgan fingerprint density at radius 2 is 1.86 bits per heavy atom. The van der Waals surface area contributed by atoms with Gasteiger partial charge in [-0.1, -0.05) is 13.3 Å². The van der Waals surface area contributed by atoms with E-state index >= 15 is 0 Å². The molecule has 1 rings (SSSR count). The molecular weight excluding hydrogens is 356 g/mol. The van der Waals surface area contributed by atoms with E-state index in [1.165, 1.54) is 0 Å². The monoisotopic (exact) mass is 380 g/mol. The van der Waals surface area contributed by atoms with Crippen molar-refractivity contribution in [3.05, 3.63) is 28.8 Å². The van der Waals surface area contributed by atoms with Gasteiger partial charge in [0.05, 0.1) is 11.6 Å². The second kappa shape index (κ2) is 9.67. The predicted molar refractivity (Wildman–Crippen MR) is 88.1 cm³/mol. The third kappa shape index (κ3) is 5.78. The molecule has 1 aromatic carbocycles. The molecule has 3 nitrogen and oxygen atoms in total. The van der Waals surface area contributed by atoms with Crippen LogP contribution in [-0.2, 0) is 37.5 Å². The van der Waals surface area contributed by atoms with Crippen LogP contribution in [0.1, 0.15) is 36.5 Å². The molecule has 0 aliphatic heterocycles. The van der Waals surface area contributed by atoms with Crippen LogP contribution in [0.5, 0.6) is 0 Å². The summed E-state index contributed by atoms with van der Waals surface area (Å²) in [6, 6.07) is 5.78. The van der Waals surface area contributed by atoms with Gasteiger partial charge in [-0.25, -0.2) is 0 Å². The number of hydrogen-bond donors (Lipinski definition) is 1. The van der Waals surface area contributed by atoms with Crippen molar-refractivity contribution in [3.63, 3.8) is 0 Å². The summed E-state index contributed by atoms with van der Waals surface area (Å²) in [6.45, 7) is 10.3. The molecule has 1 radical (unpaired) electrons. The largest absolute Gasteiger partial charge is 0.322 e. The van der Waals surface area contributed by atoms with Crippen molar-refractivity contribution in [2.75, 3.05) is 18.6 Å². The maximum atomic E-state index is 12.5. The first-order valence-corrected chi connectivity index (χ1v) is 9.60. The molecule has 0 fully saturated rings. The van der Waals surface area contributed by atoms with Crippen LogP contribution in [0, 0.1) is 25.2 Å². The van der Waals surface area contributed by atoms with Gasteiger partial charge in [0, 0.05) is 59.6 Å². The molecule has 1 unspecified atom stereocenters. The first-order chi connectivity index (χ1) is 9.40. The number of hydrogen-bond acceptors (Lipinski definition) is 2. The summed E-state index contributed by atoms with van der Waals surface area (Å²) in [5.74, 6) is 0.127. The van der Waals surface area contributed by atoms with Gasteiger partial charge < -0.3 is 5.32 Å². The van der Waals surface area contributed by atoms with Crippen LogP contribution in [0.3, 0.4) is 0 Å². The van der Waals surface area contributed by atoms with E-state index in [0.717, 1.165) is 29.7 Å². The van der Waals surface area contributed by atoms with Crippen molar-refractivity contribution in [1.29, 1.82) is 5.26 Å². The minimum absolute atomic E-state index is 0. The second-order valence-electron chi connectivity index (χ2n) is 5.50. The van der Waals surface area contributed by atoms with E-state index in [4.69, 9.17) is 5.26 Å². The topological polar surface area (TPSA) is 52.9 Å². The Morgan fingerprint density at radius 3 is 2.24 bits per heavy atom. The van der Waals surface area contributed by atoms with Gasteiger partial charge in [-0.2, -0.15) is 5.26 Å². The van der Waals surface area contributed by atoms with Crippen molar-refractivity contribution in [2.24, 2.45) is 0 Å². The van der Waals surface area contributed by atoms with Gasteiger partial charge in [-0.3, -0.25) is 4.79 Å². The summed E-state index contributed by atoms with van der Waals surface area (Å²) >= 11 is 0. The SMILES string of the molecule is CCCC(C(=O)Nc1c(C)cc(C#N)cc1C)[PH+](C)C.[Y]. The molecule has 0 heterocycles. The predicted octanol–water partition coefficient (Wildman–Crippen LogP) is 3.75. The molecular formula is C16H24N2OPY+. The molecule has 0 saturated carbocycles. The fourth-order valence-electron chi connectivity index (χ4n) is 2.41. The summed E-state index contributed by atoms with van der Waals surface area (Å²) in [5, 5.41) is 12.0. The zero-order valence-electron chi connectivity index (χ0n) is 13.6. The first kappa shape index (κ1) is 20.7. The quantitative estimate of drug-likeness (QED) is 0.791. The van der Waals surface area contributed by atoms with Crippen LogP contribution in [0.4, 0.5) is 5.69 Å². The van der Waals surface area contributed by atoms with Gasteiger partial charge in [-0.05, 0) is 43.5 Å². The molecule has 0 aromatic heterocycles. The average molecular weight is 380 g/mol. The van der Waals surface area contributed by atoms with Crippen molar-refractivity contribution in [2.45, 2.75) is 39.3 Å². The minimum Gasteiger partial charge on any atom is -0.322 e. The molecule has 21 heavy (non-hydrogen) atoms. The Kier molecular flexibility index (Phi) is 9.54. The standard InChI is InChI=1S/C16H23N2OP.Y/c1-6-7-14(20(4)5)16(19)18-15-11(2)8-13(10-17)9-12(15)3;/h8-9,14H,6-7H2,1-5H3,(H,18,19);/p+1. The van der Waals surface area contributed by atoms with E-state index in [2.05, 4.69) is 31.6 Å². The number of carbonyl (C=O) groups excluding carboxylic acids is 1. The van der Waals surface area contributed by atoms with Crippen LogP contribution >= 0.6 is 7.92 Å². The molecule has 1 atom stereocenters. The van der Waals surface area contributed by atoms with Gasteiger partial charge in [0.2, 0.25) is 0 Å². The number of rotatable bonds is 5. The molecule has 111 valence electrons. The summed E-state index contributed by atoms with van der Waals surface area (Å²) in [6.07, 6.45) is 1.97. The second-order valence-corrected chi connectivity index (χ2v) is 8.36. The third-order valence-electron chi connectivity index (χ3n) is 3.50. The zero-order chi connectivity index (χ0) is 15.3. The first-order valence-electron chi connectivity index (χ1n) is 7.03. The molecule has 0 aliphatic rings. The maximum Gasteiger partial charge on any atom is 0.264 e. The fraction of sp³-hybridized carbons (Fsp3) is 0.500. The average Bonchev–Trinajstić information content (AvgIpc) is 2.39. The smallest absolute Gasteiger partial charge is 0.264 e. The van der Waals surface area contributed by atoms with Crippen molar-refractivity contribution in [1.82, 2.24) is 0 Å². The van der Waals surface area contributed by atoms with Crippen LogP contribution < -0.4 is 5.32 Å². The van der Waals surface area contributed by atoms with Crippen molar-refractivity contribution < 1.29 is 37.5 Å². The van der Waals surface area contributed by atoms with Gasteiger partial charge in [0.15, 0.2) is 0 Å². The number of aryl methyl sites for hydroxylation is 2. The maximum absolute atomic E-state index is 12.5.